The number of amides is 1. The summed E-state index contributed by atoms with van der Waals surface area (Å²) in [5.41, 5.74) is 1.81. The van der Waals surface area contributed by atoms with Crippen molar-refractivity contribution in [2.75, 3.05) is 25.4 Å². The monoisotopic (exact) mass is 491 g/mol. The molecule has 0 saturated heterocycles. The van der Waals surface area contributed by atoms with Crippen LogP contribution >= 0.6 is 23.2 Å². The topological polar surface area (TPSA) is 78.5 Å². The maximum atomic E-state index is 12.6. The first-order valence-electron chi connectivity index (χ1n) is 9.75. The highest BCUT2D eigenvalue weighted by Crippen LogP contribution is 2.27. The highest BCUT2D eigenvalue weighted by Gasteiger charge is 2.19. The van der Waals surface area contributed by atoms with Gasteiger partial charge in [-0.3, -0.25) is 9.52 Å². The van der Waals surface area contributed by atoms with E-state index in [2.05, 4.69) is 10.0 Å². The Hall–Kier alpha value is -2.58. The number of hydrogen-bond acceptors (Lipinski definition) is 4. The summed E-state index contributed by atoms with van der Waals surface area (Å²) in [5, 5.41) is 3.25. The third-order valence-corrected chi connectivity index (χ3v) is 6.94. The Morgan fingerprint density at radius 3 is 2.25 bits per heavy atom. The number of sulfonamides is 1. The van der Waals surface area contributed by atoms with Crippen molar-refractivity contribution in [1.29, 1.82) is 0 Å². The van der Waals surface area contributed by atoms with E-state index in [4.69, 9.17) is 23.2 Å². The van der Waals surface area contributed by atoms with Crippen LogP contribution in [0, 0.1) is 0 Å². The molecular formula is C23H23Cl2N3O3S. The molecule has 0 fully saturated rings. The van der Waals surface area contributed by atoms with Crippen LogP contribution in [-0.2, 0) is 10.0 Å². The predicted molar refractivity (Wildman–Crippen MR) is 129 cm³/mol. The van der Waals surface area contributed by atoms with Gasteiger partial charge in [-0.25, -0.2) is 8.42 Å². The van der Waals surface area contributed by atoms with Gasteiger partial charge in [0.25, 0.3) is 15.9 Å². The van der Waals surface area contributed by atoms with Crippen molar-refractivity contribution >= 4 is 44.8 Å². The van der Waals surface area contributed by atoms with Crippen molar-refractivity contribution < 1.29 is 13.2 Å². The lowest BCUT2D eigenvalue weighted by Gasteiger charge is -2.25. The Balaban J connectivity index is 1.67. The lowest BCUT2D eigenvalue weighted by molar-refractivity contribution is 0.0942. The Bertz CT molecular complexity index is 1180. The van der Waals surface area contributed by atoms with Gasteiger partial charge in [0.05, 0.1) is 11.1 Å². The summed E-state index contributed by atoms with van der Waals surface area (Å²) in [6, 6.07) is 20.3. The van der Waals surface area contributed by atoms with Crippen molar-refractivity contribution in [2.45, 2.75) is 10.9 Å². The largest absolute Gasteiger partial charge is 0.350 e. The molecule has 3 aromatic carbocycles. The van der Waals surface area contributed by atoms with Crippen LogP contribution in [-0.4, -0.2) is 39.9 Å². The Kier molecular flexibility index (Phi) is 7.79. The minimum Gasteiger partial charge on any atom is -0.350 e. The van der Waals surface area contributed by atoms with Crippen LogP contribution in [0.2, 0.25) is 10.0 Å². The molecule has 3 rings (SSSR count). The number of nitrogens with one attached hydrogen (secondary N) is 2. The van der Waals surface area contributed by atoms with Gasteiger partial charge in [-0.1, -0.05) is 53.5 Å². The van der Waals surface area contributed by atoms with E-state index in [-0.39, 0.29) is 26.9 Å². The highest BCUT2D eigenvalue weighted by molar-refractivity contribution is 7.92. The van der Waals surface area contributed by atoms with Crippen molar-refractivity contribution in [2.24, 2.45) is 0 Å². The van der Waals surface area contributed by atoms with Crippen molar-refractivity contribution in [3.63, 3.8) is 0 Å². The number of anilines is 1. The zero-order valence-electron chi connectivity index (χ0n) is 17.5. The summed E-state index contributed by atoms with van der Waals surface area (Å²) in [5.74, 6) is -0.250. The molecule has 0 aliphatic heterocycles. The molecule has 2 N–H and O–H groups in total. The first-order chi connectivity index (χ1) is 15.2. The maximum absolute atomic E-state index is 12.6. The van der Waals surface area contributed by atoms with Gasteiger partial charge in [0.15, 0.2) is 0 Å². The van der Waals surface area contributed by atoms with E-state index < -0.39 is 10.0 Å². The third-order valence-electron chi connectivity index (χ3n) is 4.85. The van der Waals surface area contributed by atoms with Crippen molar-refractivity contribution in [1.82, 2.24) is 10.2 Å². The fourth-order valence-electron chi connectivity index (χ4n) is 3.15. The number of halogens is 2. The molecular weight excluding hydrogens is 469 g/mol. The van der Waals surface area contributed by atoms with E-state index in [9.17, 15) is 13.2 Å². The van der Waals surface area contributed by atoms with E-state index in [0.717, 1.165) is 5.56 Å². The number of likely N-dealkylation sites (N-methyl/N-ethyl adjacent to an activating group) is 1. The van der Waals surface area contributed by atoms with Crippen LogP contribution in [0.1, 0.15) is 22.0 Å². The number of nitrogens with zero attached hydrogens (tertiary/aromatic N) is 1. The molecule has 0 radical (unpaired) electrons. The molecule has 0 aliphatic carbocycles. The molecule has 9 heteroatoms. The fourth-order valence-corrected chi connectivity index (χ4v) is 4.97. The van der Waals surface area contributed by atoms with E-state index in [0.29, 0.717) is 17.8 Å². The number of hydrogen-bond donors (Lipinski definition) is 2. The zero-order valence-corrected chi connectivity index (χ0v) is 19.9. The summed E-state index contributed by atoms with van der Waals surface area (Å²) in [7, 11) is -0.0232. The lowest BCUT2D eigenvalue weighted by atomic mass is 10.1. The second kappa shape index (κ2) is 10.4. The lowest BCUT2D eigenvalue weighted by Crippen LogP contribution is -2.34. The Labute approximate surface area is 198 Å². The molecule has 3 aromatic rings. The number of benzene rings is 3. The average Bonchev–Trinajstić information content (AvgIpc) is 2.76. The van der Waals surface area contributed by atoms with E-state index >= 15 is 0 Å². The van der Waals surface area contributed by atoms with Crippen LogP contribution in [0.15, 0.2) is 77.7 Å². The minimum absolute atomic E-state index is 0.0219. The molecule has 0 unspecified atom stereocenters. The van der Waals surface area contributed by atoms with Gasteiger partial charge < -0.3 is 10.2 Å². The molecule has 1 amide bonds. The molecule has 0 aliphatic rings. The maximum Gasteiger partial charge on any atom is 0.263 e. The van der Waals surface area contributed by atoms with Gasteiger partial charge in [-0.05, 0) is 62.1 Å². The van der Waals surface area contributed by atoms with E-state index in [1.165, 1.54) is 30.3 Å². The molecule has 1 atom stereocenters. The fraction of sp³-hybridized carbons (Fsp3) is 0.174. The molecule has 168 valence electrons. The second-order valence-electron chi connectivity index (χ2n) is 7.36. The van der Waals surface area contributed by atoms with Gasteiger partial charge in [0.2, 0.25) is 0 Å². The van der Waals surface area contributed by atoms with Gasteiger partial charge >= 0.3 is 0 Å². The second-order valence-corrected chi connectivity index (χ2v) is 9.85. The summed E-state index contributed by atoms with van der Waals surface area (Å²) >= 11 is 11.9. The van der Waals surface area contributed by atoms with Gasteiger partial charge in [-0.15, -0.1) is 0 Å². The van der Waals surface area contributed by atoms with Gasteiger partial charge in [-0.2, -0.15) is 0 Å². The highest BCUT2D eigenvalue weighted by atomic mass is 35.5. The predicted octanol–water partition coefficient (Wildman–Crippen LogP) is 4.83. The third kappa shape index (κ3) is 6.01. The van der Waals surface area contributed by atoms with Gasteiger partial charge in [0, 0.05) is 22.8 Å². The minimum atomic E-state index is -3.93. The van der Waals surface area contributed by atoms with Crippen LogP contribution in [0.3, 0.4) is 0 Å². The van der Waals surface area contributed by atoms with Crippen molar-refractivity contribution in [3.05, 3.63) is 94.0 Å². The molecule has 0 aromatic heterocycles. The van der Waals surface area contributed by atoms with Crippen LogP contribution < -0.4 is 10.0 Å². The molecule has 32 heavy (non-hydrogen) atoms. The number of carbonyl (C=O) groups is 1. The SMILES string of the molecule is CN(C)[C@@H](CNC(=O)c1ccc(NS(=O)(=O)c2cc(Cl)ccc2Cl)cc1)c1ccccc1. The normalized spacial score (nSPS) is 12.4. The molecule has 6 nitrogen and oxygen atoms in total. The van der Waals surface area contributed by atoms with Crippen molar-refractivity contribution in [3.8, 4) is 0 Å². The quantitative estimate of drug-likeness (QED) is 0.473. The molecule has 0 saturated carbocycles. The van der Waals surface area contributed by atoms with E-state index in [1.807, 2.05) is 49.3 Å². The van der Waals surface area contributed by atoms with Crippen LogP contribution in [0.4, 0.5) is 5.69 Å². The first kappa shape index (κ1) is 24.1. The van der Waals surface area contributed by atoms with Gasteiger partial charge in [0.1, 0.15) is 4.90 Å². The Morgan fingerprint density at radius 1 is 0.969 bits per heavy atom. The Morgan fingerprint density at radius 2 is 1.62 bits per heavy atom. The van der Waals surface area contributed by atoms with E-state index in [1.54, 1.807) is 12.1 Å². The summed E-state index contributed by atoms with van der Waals surface area (Å²) in [6.45, 7) is 0.428. The van der Waals surface area contributed by atoms with Crippen LogP contribution in [0.25, 0.3) is 0 Å². The summed E-state index contributed by atoms with van der Waals surface area (Å²) < 4.78 is 27.7. The van der Waals surface area contributed by atoms with Crippen LogP contribution in [0.5, 0.6) is 0 Å². The standard InChI is InChI=1S/C23H23Cl2N3O3S/c1-28(2)21(16-6-4-3-5-7-16)15-26-23(29)17-8-11-19(12-9-17)27-32(30,31)22-14-18(24)10-13-20(22)25/h3-14,21,27H,15H2,1-2H3,(H,26,29)/t21-/m0/s1. The average molecular weight is 492 g/mol. The number of carbonyl (C=O) groups excluding carboxylic acids is 1. The molecule has 0 spiro atoms. The smallest absolute Gasteiger partial charge is 0.263 e. The summed E-state index contributed by atoms with van der Waals surface area (Å²) in [4.78, 5) is 14.5. The molecule has 0 heterocycles. The first-order valence-corrected chi connectivity index (χ1v) is 12.0. The molecule has 0 bridgehead atoms. The zero-order chi connectivity index (χ0) is 23.3. The number of rotatable bonds is 8. The summed E-state index contributed by atoms with van der Waals surface area (Å²) in [6.07, 6.45) is 0.